The van der Waals surface area contributed by atoms with E-state index in [2.05, 4.69) is 46.9 Å². The molecule has 0 saturated heterocycles. The van der Waals surface area contributed by atoms with Crippen LogP contribution in [0.4, 0.5) is 5.69 Å². The minimum absolute atomic E-state index is 0.912. The van der Waals surface area contributed by atoms with Gasteiger partial charge in [0.25, 0.3) is 0 Å². The zero-order valence-electron chi connectivity index (χ0n) is 10.7. The van der Waals surface area contributed by atoms with Crippen LogP contribution in [-0.4, -0.2) is 16.1 Å². The van der Waals surface area contributed by atoms with Crippen LogP contribution in [0, 0.1) is 13.8 Å². The van der Waals surface area contributed by atoms with E-state index in [1.165, 1.54) is 16.8 Å². The van der Waals surface area contributed by atoms with Gasteiger partial charge in [-0.1, -0.05) is 12.1 Å². The fourth-order valence-electron chi connectivity index (χ4n) is 1.89. The fourth-order valence-corrected chi connectivity index (χ4v) is 1.89. The summed E-state index contributed by atoms with van der Waals surface area (Å²) < 4.78 is 2.06. The first-order valence-corrected chi connectivity index (χ1v) is 5.95. The topological polar surface area (TPSA) is 29.9 Å². The van der Waals surface area contributed by atoms with Crippen molar-refractivity contribution in [2.75, 3.05) is 11.9 Å². The van der Waals surface area contributed by atoms with Crippen molar-refractivity contribution < 1.29 is 0 Å². The van der Waals surface area contributed by atoms with Crippen molar-refractivity contribution in [2.24, 2.45) is 7.05 Å². The van der Waals surface area contributed by atoms with Crippen molar-refractivity contribution in [1.29, 1.82) is 0 Å². The highest BCUT2D eigenvalue weighted by Gasteiger charge is 2.01. The average molecular weight is 229 g/mol. The van der Waals surface area contributed by atoms with Gasteiger partial charge >= 0.3 is 0 Å². The second kappa shape index (κ2) is 5.04. The summed E-state index contributed by atoms with van der Waals surface area (Å²) in [5.74, 6) is 1.11. The zero-order valence-corrected chi connectivity index (χ0v) is 10.7. The highest BCUT2D eigenvalue weighted by atomic mass is 15.0. The molecule has 3 heteroatoms. The molecule has 0 amide bonds. The van der Waals surface area contributed by atoms with E-state index in [0.29, 0.717) is 0 Å². The molecule has 0 radical (unpaired) electrons. The summed E-state index contributed by atoms with van der Waals surface area (Å²) in [7, 11) is 2.03. The Bertz CT molecular complexity index is 500. The largest absolute Gasteiger partial charge is 0.384 e. The summed E-state index contributed by atoms with van der Waals surface area (Å²) in [6.07, 6.45) is 4.76. The number of anilines is 1. The Balaban J connectivity index is 1.95. The van der Waals surface area contributed by atoms with Crippen LogP contribution in [0.15, 0.2) is 30.6 Å². The maximum atomic E-state index is 4.31. The number of hydrogen-bond donors (Lipinski definition) is 1. The molecule has 3 nitrogen and oxygen atoms in total. The average Bonchev–Trinajstić information content (AvgIpc) is 2.71. The quantitative estimate of drug-likeness (QED) is 0.873. The number of nitrogens with one attached hydrogen (secondary N) is 1. The van der Waals surface area contributed by atoms with E-state index in [-0.39, 0.29) is 0 Å². The van der Waals surface area contributed by atoms with Crippen molar-refractivity contribution in [3.05, 3.63) is 47.5 Å². The van der Waals surface area contributed by atoms with Crippen molar-refractivity contribution in [3.8, 4) is 0 Å². The van der Waals surface area contributed by atoms with E-state index in [9.17, 15) is 0 Å². The SMILES string of the molecule is Cc1cccc(NCCc2nccn2C)c1C. The van der Waals surface area contributed by atoms with Gasteiger partial charge in [-0.3, -0.25) is 0 Å². The lowest BCUT2D eigenvalue weighted by molar-refractivity contribution is 0.789. The van der Waals surface area contributed by atoms with E-state index < -0.39 is 0 Å². The van der Waals surface area contributed by atoms with E-state index in [0.717, 1.165) is 18.8 Å². The number of imidazole rings is 1. The van der Waals surface area contributed by atoms with E-state index in [1.54, 1.807) is 0 Å². The molecular weight excluding hydrogens is 210 g/mol. The number of benzene rings is 1. The summed E-state index contributed by atoms with van der Waals surface area (Å²) in [6, 6.07) is 6.35. The highest BCUT2D eigenvalue weighted by Crippen LogP contribution is 2.17. The van der Waals surface area contributed by atoms with Crippen LogP contribution in [0.1, 0.15) is 17.0 Å². The first-order chi connectivity index (χ1) is 8.18. The lowest BCUT2D eigenvalue weighted by Gasteiger charge is -2.11. The molecule has 1 heterocycles. The molecule has 0 aliphatic heterocycles. The van der Waals surface area contributed by atoms with Gasteiger partial charge in [-0.25, -0.2) is 4.98 Å². The van der Waals surface area contributed by atoms with Gasteiger partial charge in [0.2, 0.25) is 0 Å². The molecule has 0 aliphatic rings. The maximum absolute atomic E-state index is 4.31. The summed E-state index contributed by atoms with van der Waals surface area (Å²) in [5, 5.41) is 3.47. The minimum Gasteiger partial charge on any atom is -0.384 e. The predicted octanol–water partition coefficient (Wildman–Crippen LogP) is 2.69. The first kappa shape index (κ1) is 11.7. The van der Waals surface area contributed by atoms with Gasteiger partial charge in [-0.05, 0) is 31.0 Å². The molecule has 0 bridgehead atoms. The van der Waals surface area contributed by atoms with Crippen LogP contribution in [0.25, 0.3) is 0 Å². The molecule has 0 atom stereocenters. The molecule has 2 rings (SSSR count). The second-order valence-corrected chi connectivity index (χ2v) is 4.38. The number of aryl methyl sites for hydroxylation is 2. The lowest BCUT2D eigenvalue weighted by atomic mass is 10.1. The Morgan fingerprint density at radius 1 is 1.29 bits per heavy atom. The standard InChI is InChI=1S/C14H19N3/c1-11-5-4-6-13(12(11)2)15-8-7-14-16-9-10-17(14)3/h4-6,9-10,15H,7-8H2,1-3H3. The van der Waals surface area contributed by atoms with Gasteiger partial charge < -0.3 is 9.88 Å². The van der Waals surface area contributed by atoms with Gasteiger partial charge in [-0.15, -0.1) is 0 Å². The molecule has 0 saturated carbocycles. The minimum atomic E-state index is 0.912. The fraction of sp³-hybridized carbons (Fsp3) is 0.357. The summed E-state index contributed by atoms with van der Waals surface area (Å²) in [6.45, 7) is 5.20. The third-order valence-corrected chi connectivity index (χ3v) is 3.19. The summed E-state index contributed by atoms with van der Waals surface area (Å²) >= 11 is 0. The molecule has 1 aromatic heterocycles. The Kier molecular flexibility index (Phi) is 3.47. The molecule has 0 aliphatic carbocycles. The second-order valence-electron chi connectivity index (χ2n) is 4.38. The van der Waals surface area contributed by atoms with Crippen LogP contribution in [0.5, 0.6) is 0 Å². The molecule has 0 unspecified atom stereocenters. The molecule has 1 aromatic carbocycles. The zero-order chi connectivity index (χ0) is 12.3. The van der Waals surface area contributed by atoms with Gasteiger partial charge in [0.1, 0.15) is 5.82 Å². The van der Waals surface area contributed by atoms with Crippen molar-refractivity contribution in [1.82, 2.24) is 9.55 Å². The van der Waals surface area contributed by atoms with E-state index >= 15 is 0 Å². The third kappa shape index (κ3) is 2.67. The Morgan fingerprint density at radius 3 is 2.82 bits per heavy atom. The molecule has 1 N–H and O–H groups in total. The number of aromatic nitrogens is 2. The monoisotopic (exact) mass is 229 g/mol. The van der Waals surface area contributed by atoms with Gasteiger partial charge in [-0.2, -0.15) is 0 Å². The molecule has 90 valence electrons. The maximum Gasteiger partial charge on any atom is 0.110 e. The number of rotatable bonds is 4. The summed E-state index contributed by atoms with van der Waals surface area (Å²) in [4.78, 5) is 4.31. The van der Waals surface area contributed by atoms with Crippen LogP contribution in [0.3, 0.4) is 0 Å². The van der Waals surface area contributed by atoms with Gasteiger partial charge in [0, 0.05) is 38.1 Å². The van der Waals surface area contributed by atoms with E-state index in [4.69, 9.17) is 0 Å². The van der Waals surface area contributed by atoms with Crippen LogP contribution >= 0.6 is 0 Å². The van der Waals surface area contributed by atoms with Gasteiger partial charge in [0.05, 0.1) is 0 Å². The van der Waals surface area contributed by atoms with Crippen molar-refractivity contribution >= 4 is 5.69 Å². The Labute approximate surface area is 103 Å². The Morgan fingerprint density at radius 2 is 2.12 bits per heavy atom. The molecule has 17 heavy (non-hydrogen) atoms. The van der Waals surface area contributed by atoms with Crippen LogP contribution in [0.2, 0.25) is 0 Å². The Hall–Kier alpha value is -1.77. The summed E-state index contributed by atoms with van der Waals surface area (Å²) in [5.41, 5.74) is 3.87. The molecular formula is C14H19N3. The normalized spacial score (nSPS) is 10.5. The van der Waals surface area contributed by atoms with Crippen LogP contribution < -0.4 is 5.32 Å². The molecule has 0 spiro atoms. The van der Waals surface area contributed by atoms with Crippen molar-refractivity contribution in [2.45, 2.75) is 20.3 Å². The number of nitrogens with zero attached hydrogens (tertiary/aromatic N) is 2. The van der Waals surface area contributed by atoms with Crippen LogP contribution in [-0.2, 0) is 13.5 Å². The molecule has 0 fully saturated rings. The predicted molar refractivity (Wildman–Crippen MR) is 71.3 cm³/mol. The molecule has 2 aromatic rings. The van der Waals surface area contributed by atoms with Crippen molar-refractivity contribution in [3.63, 3.8) is 0 Å². The smallest absolute Gasteiger partial charge is 0.110 e. The number of hydrogen-bond acceptors (Lipinski definition) is 2. The van der Waals surface area contributed by atoms with E-state index in [1.807, 2.05) is 19.4 Å². The van der Waals surface area contributed by atoms with Gasteiger partial charge in [0.15, 0.2) is 0 Å². The lowest BCUT2D eigenvalue weighted by Crippen LogP contribution is -2.09. The first-order valence-electron chi connectivity index (χ1n) is 5.95. The third-order valence-electron chi connectivity index (χ3n) is 3.19. The highest BCUT2D eigenvalue weighted by molar-refractivity contribution is 5.53.